The number of hydrogen-bond acceptors (Lipinski definition) is 5. The Morgan fingerprint density at radius 1 is 1.36 bits per heavy atom. The van der Waals surface area contributed by atoms with Crippen molar-refractivity contribution in [3.8, 4) is 0 Å². The second-order valence-electron chi connectivity index (χ2n) is 3.47. The van der Waals surface area contributed by atoms with Crippen molar-refractivity contribution in [1.82, 2.24) is 4.98 Å². The molecule has 1 aliphatic heterocycles. The molecule has 1 saturated heterocycles. The van der Waals surface area contributed by atoms with Crippen LogP contribution in [0.25, 0.3) is 0 Å². The molecular formula is C9H13N3O2. The summed E-state index contributed by atoms with van der Waals surface area (Å²) in [4.78, 5) is 5.73. The van der Waals surface area contributed by atoms with Gasteiger partial charge in [0.05, 0.1) is 29.8 Å². The maximum Gasteiger partial charge on any atom is 0.0990 e. The minimum atomic E-state index is -0.692. The highest BCUT2D eigenvalue weighted by atomic mass is 16.3. The van der Waals surface area contributed by atoms with E-state index in [1.165, 1.54) is 0 Å². The number of anilines is 2. The molecule has 1 fully saturated rings. The predicted octanol–water partition coefficient (Wildman–Crippen LogP) is -0.794. The molecule has 0 amide bonds. The maximum absolute atomic E-state index is 9.37. The molecule has 0 saturated carbocycles. The second kappa shape index (κ2) is 3.43. The standard InChI is InChI=1S/C9H13N3O2/c10-6-3-11-2-1-7(6)12-4-8(13)9(14)5-12/h1-3,8-9,13-14H,4-5,10H2. The SMILES string of the molecule is Nc1cnccc1N1CC(O)C(O)C1. The molecule has 2 unspecified atom stereocenters. The van der Waals surface area contributed by atoms with E-state index in [1.54, 1.807) is 18.5 Å². The van der Waals surface area contributed by atoms with Gasteiger partial charge in [0.15, 0.2) is 0 Å². The third-order valence-corrected chi connectivity index (χ3v) is 2.43. The van der Waals surface area contributed by atoms with E-state index in [1.807, 2.05) is 4.90 Å². The highest BCUT2D eigenvalue weighted by molar-refractivity contribution is 5.66. The topological polar surface area (TPSA) is 82.6 Å². The molecule has 2 rings (SSSR count). The van der Waals surface area contributed by atoms with Crippen LogP contribution in [0.15, 0.2) is 18.5 Å². The summed E-state index contributed by atoms with van der Waals surface area (Å²) in [7, 11) is 0. The highest BCUT2D eigenvalue weighted by Gasteiger charge is 2.30. The van der Waals surface area contributed by atoms with Gasteiger partial charge in [0.1, 0.15) is 0 Å². The lowest BCUT2D eigenvalue weighted by atomic mass is 10.3. The Balaban J connectivity index is 2.21. The molecule has 76 valence electrons. The van der Waals surface area contributed by atoms with Gasteiger partial charge in [-0.05, 0) is 6.07 Å². The van der Waals surface area contributed by atoms with E-state index in [-0.39, 0.29) is 0 Å². The number of nitrogens with two attached hydrogens (primary N) is 1. The Kier molecular flexibility index (Phi) is 2.26. The number of hydrogen-bond donors (Lipinski definition) is 3. The van der Waals surface area contributed by atoms with Gasteiger partial charge < -0.3 is 20.8 Å². The average molecular weight is 195 g/mol. The quantitative estimate of drug-likeness (QED) is 0.547. The van der Waals surface area contributed by atoms with E-state index in [0.717, 1.165) is 5.69 Å². The molecule has 0 spiro atoms. The van der Waals surface area contributed by atoms with Crippen LogP contribution in [0.5, 0.6) is 0 Å². The molecule has 1 aromatic rings. The average Bonchev–Trinajstić information content (AvgIpc) is 2.48. The highest BCUT2D eigenvalue weighted by Crippen LogP contribution is 2.25. The third kappa shape index (κ3) is 1.51. The molecule has 0 bridgehead atoms. The normalized spacial score (nSPS) is 26.9. The number of nitrogen functional groups attached to an aromatic ring is 1. The van der Waals surface area contributed by atoms with Crippen LogP contribution in [0.2, 0.25) is 0 Å². The minimum absolute atomic E-state index is 0.412. The fourth-order valence-electron chi connectivity index (χ4n) is 1.65. The van der Waals surface area contributed by atoms with Crippen LogP contribution in [0.1, 0.15) is 0 Å². The van der Waals surface area contributed by atoms with Gasteiger partial charge in [-0.1, -0.05) is 0 Å². The Hall–Kier alpha value is -1.33. The van der Waals surface area contributed by atoms with Crippen LogP contribution in [0.3, 0.4) is 0 Å². The summed E-state index contributed by atoms with van der Waals surface area (Å²) in [6, 6.07) is 1.78. The van der Waals surface area contributed by atoms with Crippen LogP contribution in [-0.2, 0) is 0 Å². The summed E-state index contributed by atoms with van der Waals surface area (Å²) in [5.74, 6) is 0. The van der Waals surface area contributed by atoms with Gasteiger partial charge in [-0.2, -0.15) is 0 Å². The summed E-state index contributed by atoms with van der Waals surface area (Å²) >= 11 is 0. The molecular weight excluding hydrogens is 182 g/mol. The summed E-state index contributed by atoms with van der Waals surface area (Å²) < 4.78 is 0. The number of β-amino-alcohol motifs (C(OH)–C–C–N with tert-alkyl or cyclic N) is 2. The van der Waals surface area contributed by atoms with Crippen LogP contribution in [0.4, 0.5) is 11.4 Å². The molecule has 5 nitrogen and oxygen atoms in total. The Bertz CT molecular complexity index is 322. The Morgan fingerprint density at radius 2 is 2.00 bits per heavy atom. The first kappa shape index (κ1) is 9.23. The lowest BCUT2D eigenvalue weighted by molar-refractivity contribution is 0.0572. The minimum Gasteiger partial charge on any atom is -0.396 e. The number of rotatable bonds is 1. The number of pyridine rings is 1. The molecule has 4 N–H and O–H groups in total. The number of aromatic nitrogens is 1. The maximum atomic E-state index is 9.37. The zero-order valence-electron chi connectivity index (χ0n) is 7.67. The number of aliphatic hydroxyl groups is 2. The predicted molar refractivity (Wildman–Crippen MR) is 52.9 cm³/mol. The summed E-state index contributed by atoms with van der Waals surface area (Å²) in [6.45, 7) is 0.824. The third-order valence-electron chi connectivity index (χ3n) is 2.43. The van der Waals surface area contributed by atoms with E-state index in [9.17, 15) is 10.2 Å². The zero-order valence-corrected chi connectivity index (χ0v) is 7.67. The van der Waals surface area contributed by atoms with Crippen molar-refractivity contribution in [2.24, 2.45) is 0 Å². The smallest absolute Gasteiger partial charge is 0.0990 e. The van der Waals surface area contributed by atoms with Gasteiger partial charge in [-0.25, -0.2) is 0 Å². The molecule has 14 heavy (non-hydrogen) atoms. The van der Waals surface area contributed by atoms with Crippen molar-refractivity contribution in [1.29, 1.82) is 0 Å². The Morgan fingerprint density at radius 3 is 2.57 bits per heavy atom. The van der Waals surface area contributed by atoms with Crippen LogP contribution in [-0.4, -0.2) is 40.5 Å². The molecule has 2 atom stereocenters. The van der Waals surface area contributed by atoms with Crippen LogP contribution < -0.4 is 10.6 Å². The summed E-state index contributed by atoms with van der Waals surface area (Å²) in [6.07, 6.45) is 1.82. The van der Waals surface area contributed by atoms with Crippen molar-refractivity contribution in [2.75, 3.05) is 23.7 Å². The van der Waals surface area contributed by atoms with Crippen molar-refractivity contribution in [3.63, 3.8) is 0 Å². The molecule has 0 radical (unpaired) electrons. The van der Waals surface area contributed by atoms with E-state index < -0.39 is 12.2 Å². The number of nitrogens with zero attached hydrogens (tertiary/aromatic N) is 2. The van der Waals surface area contributed by atoms with Crippen molar-refractivity contribution in [2.45, 2.75) is 12.2 Å². The fourth-order valence-corrected chi connectivity index (χ4v) is 1.65. The van der Waals surface area contributed by atoms with E-state index in [2.05, 4.69) is 4.98 Å². The zero-order chi connectivity index (χ0) is 10.1. The first-order valence-corrected chi connectivity index (χ1v) is 4.49. The lowest BCUT2D eigenvalue weighted by Gasteiger charge is -2.18. The second-order valence-corrected chi connectivity index (χ2v) is 3.47. The lowest BCUT2D eigenvalue weighted by Crippen LogP contribution is -2.22. The summed E-state index contributed by atoms with van der Waals surface area (Å²) in [5.41, 5.74) is 7.10. The van der Waals surface area contributed by atoms with Crippen LogP contribution in [0, 0.1) is 0 Å². The largest absolute Gasteiger partial charge is 0.396 e. The molecule has 0 aliphatic carbocycles. The molecule has 2 heterocycles. The monoisotopic (exact) mass is 195 g/mol. The molecule has 0 aromatic carbocycles. The van der Waals surface area contributed by atoms with Gasteiger partial charge in [0.2, 0.25) is 0 Å². The van der Waals surface area contributed by atoms with Gasteiger partial charge in [0, 0.05) is 19.3 Å². The first-order chi connectivity index (χ1) is 6.68. The van der Waals surface area contributed by atoms with Crippen molar-refractivity contribution < 1.29 is 10.2 Å². The van der Waals surface area contributed by atoms with Crippen molar-refractivity contribution in [3.05, 3.63) is 18.5 Å². The van der Waals surface area contributed by atoms with E-state index >= 15 is 0 Å². The molecule has 1 aromatic heterocycles. The van der Waals surface area contributed by atoms with Gasteiger partial charge in [0.25, 0.3) is 0 Å². The van der Waals surface area contributed by atoms with Gasteiger partial charge in [-0.15, -0.1) is 0 Å². The Labute approximate surface area is 81.8 Å². The van der Waals surface area contributed by atoms with Gasteiger partial charge >= 0.3 is 0 Å². The molecule has 5 heteroatoms. The van der Waals surface area contributed by atoms with Gasteiger partial charge in [-0.3, -0.25) is 4.98 Å². The van der Waals surface area contributed by atoms with Crippen LogP contribution >= 0.6 is 0 Å². The van der Waals surface area contributed by atoms with Crippen molar-refractivity contribution >= 4 is 11.4 Å². The summed E-state index contributed by atoms with van der Waals surface area (Å²) in [5, 5.41) is 18.7. The van der Waals surface area contributed by atoms with E-state index in [4.69, 9.17) is 5.73 Å². The van der Waals surface area contributed by atoms with E-state index in [0.29, 0.717) is 18.8 Å². The fraction of sp³-hybridized carbons (Fsp3) is 0.444. The molecule has 1 aliphatic rings. The first-order valence-electron chi connectivity index (χ1n) is 4.49. The number of aliphatic hydroxyl groups excluding tert-OH is 2.